The molecule has 1 heterocycles. The van der Waals surface area contributed by atoms with Crippen LogP contribution in [0.5, 0.6) is 0 Å². The number of methoxy groups -OCH3 is 1. The summed E-state index contributed by atoms with van der Waals surface area (Å²) in [6.07, 6.45) is 0. The molecule has 0 saturated heterocycles. The summed E-state index contributed by atoms with van der Waals surface area (Å²) in [6.45, 7) is 4.74. The van der Waals surface area contributed by atoms with Crippen molar-refractivity contribution in [1.82, 2.24) is 9.88 Å². The van der Waals surface area contributed by atoms with Gasteiger partial charge in [-0.25, -0.2) is 4.39 Å². The summed E-state index contributed by atoms with van der Waals surface area (Å²) in [7, 11) is 1.59. The second-order valence-electron chi connectivity index (χ2n) is 4.85. The lowest BCUT2D eigenvalue weighted by atomic mass is 10.2. The number of carbonyl (C=O) groups excluding carboxylic acids is 1. The van der Waals surface area contributed by atoms with Gasteiger partial charge in [-0.2, -0.15) is 0 Å². The molecule has 0 saturated carbocycles. The third kappa shape index (κ3) is 3.31. The number of aryl methyl sites for hydroxylation is 1. The summed E-state index contributed by atoms with van der Waals surface area (Å²) >= 11 is 0. The number of benzene rings is 1. The number of hydrogen-bond donors (Lipinski definition) is 1. The van der Waals surface area contributed by atoms with E-state index in [1.807, 2.05) is 24.5 Å². The molecule has 0 atom stereocenters. The van der Waals surface area contributed by atoms with E-state index in [0.717, 1.165) is 17.1 Å². The molecule has 0 radical (unpaired) electrons. The first-order valence-electron chi connectivity index (χ1n) is 6.76. The van der Waals surface area contributed by atoms with Gasteiger partial charge in [-0.15, -0.1) is 0 Å². The molecule has 0 fully saturated rings. The Labute approximate surface area is 123 Å². The molecule has 1 aromatic heterocycles. The molecule has 0 bridgehead atoms. The summed E-state index contributed by atoms with van der Waals surface area (Å²) in [5.41, 5.74) is 3.21. The maximum atomic E-state index is 13.0. The second-order valence-corrected chi connectivity index (χ2v) is 4.85. The number of aromatic nitrogens is 1. The lowest BCUT2D eigenvalue weighted by Crippen LogP contribution is -2.27. The molecule has 0 aliphatic heterocycles. The highest BCUT2D eigenvalue weighted by atomic mass is 19.1. The molecule has 0 aliphatic carbocycles. The van der Waals surface area contributed by atoms with E-state index in [2.05, 4.69) is 5.32 Å². The maximum absolute atomic E-state index is 13.0. The van der Waals surface area contributed by atoms with Gasteiger partial charge in [0.15, 0.2) is 0 Å². The summed E-state index contributed by atoms with van der Waals surface area (Å²) < 4.78 is 19.9. The van der Waals surface area contributed by atoms with Gasteiger partial charge in [-0.3, -0.25) is 4.79 Å². The molecule has 0 spiro atoms. The Morgan fingerprint density at radius 2 is 1.95 bits per heavy atom. The fourth-order valence-electron chi connectivity index (χ4n) is 2.34. The van der Waals surface area contributed by atoms with Crippen molar-refractivity contribution in [2.24, 2.45) is 0 Å². The normalized spacial score (nSPS) is 10.7. The molecule has 21 heavy (non-hydrogen) atoms. The highest BCUT2D eigenvalue weighted by Gasteiger charge is 2.16. The molecule has 5 heteroatoms. The summed E-state index contributed by atoms with van der Waals surface area (Å²) in [6, 6.07) is 8.05. The van der Waals surface area contributed by atoms with Crippen molar-refractivity contribution in [3.63, 3.8) is 0 Å². The molecular weight excluding hydrogens is 271 g/mol. The van der Waals surface area contributed by atoms with E-state index >= 15 is 0 Å². The van der Waals surface area contributed by atoms with Crippen molar-refractivity contribution in [2.45, 2.75) is 13.8 Å². The zero-order valence-corrected chi connectivity index (χ0v) is 12.4. The van der Waals surface area contributed by atoms with E-state index in [1.165, 1.54) is 12.1 Å². The Kier molecular flexibility index (Phi) is 4.75. The topological polar surface area (TPSA) is 43.3 Å². The first kappa shape index (κ1) is 15.3. The Bertz CT molecular complexity index is 632. The van der Waals surface area contributed by atoms with Crippen LogP contribution in [0, 0.1) is 19.7 Å². The maximum Gasteiger partial charge on any atom is 0.253 e. The Morgan fingerprint density at radius 1 is 1.29 bits per heavy atom. The summed E-state index contributed by atoms with van der Waals surface area (Å²) in [4.78, 5) is 12.2. The van der Waals surface area contributed by atoms with E-state index < -0.39 is 0 Å². The number of carbonyl (C=O) groups is 1. The van der Waals surface area contributed by atoms with Crippen molar-refractivity contribution >= 4 is 5.91 Å². The third-order valence-corrected chi connectivity index (χ3v) is 3.35. The molecule has 4 nitrogen and oxygen atoms in total. The van der Waals surface area contributed by atoms with E-state index in [-0.39, 0.29) is 11.7 Å². The monoisotopic (exact) mass is 290 g/mol. The first-order chi connectivity index (χ1) is 10.0. The Hall–Kier alpha value is -2.14. The highest BCUT2D eigenvalue weighted by Crippen LogP contribution is 2.21. The fourth-order valence-corrected chi connectivity index (χ4v) is 2.34. The van der Waals surface area contributed by atoms with Gasteiger partial charge in [0.25, 0.3) is 5.91 Å². The lowest BCUT2D eigenvalue weighted by Gasteiger charge is -2.10. The van der Waals surface area contributed by atoms with Crippen molar-refractivity contribution in [3.05, 3.63) is 53.1 Å². The van der Waals surface area contributed by atoms with Gasteiger partial charge in [0.2, 0.25) is 0 Å². The molecule has 112 valence electrons. The largest absolute Gasteiger partial charge is 0.383 e. The van der Waals surface area contributed by atoms with Crippen LogP contribution in [0.25, 0.3) is 5.69 Å². The van der Waals surface area contributed by atoms with Gasteiger partial charge in [0.05, 0.1) is 12.2 Å². The minimum Gasteiger partial charge on any atom is -0.383 e. The fraction of sp³-hybridized carbons (Fsp3) is 0.312. The predicted molar refractivity (Wildman–Crippen MR) is 79.4 cm³/mol. The minimum absolute atomic E-state index is 0.131. The zero-order valence-electron chi connectivity index (χ0n) is 12.4. The van der Waals surface area contributed by atoms with Crippen LogP contribution in [0.4, 0.5) is 4.39 Å². The molecule has 2 rings (SSSR count). The molecule has 2 aromatic rings. The van der Waals surface area contributed by atoms with Gasteiger partial charge >= 0.3 is 0 Å². The first-order valence-corrected chi connectivity index (χ1v) is 6.76. The zero-order chi connectivity index (χ0) is 15.4. The van der Waals surface area contributed by atoms with Crippen LogP contribution in [0.15, 0.2) is 30.3 Å². The van der Waals surface area contributed by atoms with Gasteiger partial charge < -0.3 is 14.6 Å². The lowest BCUT2D eigenvalue weighted by molar-refractivity contribution is 0.0936. The Morgan fingerprint density at radius 3 is 2.57 bits per heavy atom. The van der Waals surface area contributed by atoms with Crippen LogP contribution in [-0.2, 0) is 4.74 Å². The summed E-state index contributed by atoms with van der Waals surface area (Å²) in [5.74, 6) is -0.410. The number of halogens is 1. The van der Waals surface area contributed by atoms with Crippen molar-refractivity contribution in [3.8, 4) is 5.69 Å². The van der Waals surface area contributed by atoms with Crippen molar-refractivity contribution in [1.29, 1.82) is 0 Å². The Balaban J connectivity index is 2.29. The van der Waals surface area contributed by atoms with E-state index in [0.29, 0.717) is 18.7 Å². The van der Waals surface area contributed by atoms with Crippen LogP contribution < -0.4 is 5.32 Å². The van der Waals surface area contributed by atoms with Gasteiger partial charge in [0.1, 0.15) is 5.82 Å². The van der Waals surface area contributed by atoms with Crippen LogP contribution in [0.2, 0.25) is 0 Å². The van der Waals surface area contributed by atoms with Crippen molar-refractivity contribution in [2.75, 3.05) is 20.3 Å². The number of amides is 1. The number of rotatable bonds is 5. The molecule has 0 aliphatic rings. The van der Waals surface area contributed by atoms with Gasteiger partial charge in [-0.1, -0.05) is 0 Å². The SMILES string of the molecule is COCCNC(=O)c1cc(C)n(-c2ccc(F)cc2)c1C. The molecule has 1 aromatic carbocycles. The average molecular weight is 290 g/mol. The predicted octanol–water partition coefficient (Wildman–Crippen LogP) is 2.61. The summed E-state index contributed by atoms with van der Waals surface area (Å²) in [5, 5.41) is 2.80. The van der Waals surface area contributed by atoms with Crippen LogP contribution in [0.1, 0.15) is 21.7 Å². The van der Waals surface area contributed by atoms with Crippen LogP contribution >= 0.6 is 0 Å². The van der Waals surface area contributed by atoms with Crippen molar-refractivity contribution < 1.29 is 13.9 Å². The minimum atomic E-state index is -0.279. The van der Waals surface area contributed by atoms with Crippen LogP contribution in [0.3, 0.4) is 0 Å². The van der Waals surface area contributed by atoms with E-state index in [1.54, 1.807) is 19.2 Å². The van der Waals surface area contributed by atoms with Gasteiger partial charge in [-0.05, 0) is 44.2 Å². The number of nitrogens with one attached hydrogen (secondary N) is 1. The standard InChI is InChI=1S/C16H19FN2O2/c1-11-10-15(16(20)18-8-9-21-3)12(2)19(11)14-6-4-13(17)5-7-14/h4-7,10H,8-9H2,1-3H3,(H,18,20). The number of ether oxygens (including phenoxy) is 1. The smallest absolute Gasteiger partial charge is 0.253 e. The number of nitrogens with zero attached hydrogens (tertiary/aromatic N) is 1. The van der Waals surface area contributed by atoms with E-state index in [4.69, 9.17) is 4.74 Å². The molecule has 1 N–H and O–H groups in total. The van der Waals surface area contributed by atoms with E-state index in [9.17, 15) is 9.18 Å². The molecule has 0 unspecified atom stereocenters. The van der Waals surface area contributed by atoms with Gasteiger partial charge in [0, 0.05) is 30.7 Å². The molecule has 1 amide bonds. The molecular formula is C16H19FN2O2. The third-order valence-electron chi connectivity index (χ3n) is 3.35. The van der Waals surface area contributed by atoms with Crippen LogP contribution in [-0.4, -0.2) is 30.7 Å². The average Bonchev–Trinajstić information content (AvgIpc) is 2.76. The highest BCUT2D eigenvalue weighted by molar-refractivity contribution is 5.95. The quantitative estimate of drug-likeness (QED) is 0.860. The number of hydrogen-bond acceptors (Lipinski definition) is 2. The second kappa shape index (κ2) is 6.54.